The largest absolute Gasteiger partial charge is 0.384 e. The van der Waals surface area contributed by atoms with E-state index >= 15 is 0 Å². The lowest BCUT2D eigenvalue weighted by Crippen LogP contribution is -2.32. The maximum atomic E-state index is 11.7. The number of rotatable bonds is 6. The van der Waals surface area contributed by atoms with Crippen molar-refractivity contribution in [1.82, 2.24) is 5.32 Å². The van der Waals surface area contributed by atoms with Gasteiger partial charge in [-0.1, -0.05) is 23.2 Å². The van der Waals surface area contributed by atoms with Gasteiger partial charge >= 0.3 is 0 Å². The van der Waals surface area contributed by atoms with Crippen LogP contribution < -0.4 is 10.6 Å². The van der Waals surface area contributed by atoms with Crippen molar-refractivity contribution in [2.24, 2.45) is 0 Å². The van der Waals surface area contributed by atoms with E-state index in [0.717, 1.165) is 25.1 Å². The fourth-order valence-corrected chi connectivity index (χ4v) is 2.35. The van der Waals surface area contributed by atoms with E-state index in [0.29, 0.717) is 29.6 Å². The molecule has 1 aromatic rings. The molecule has 0 aliphatic carbocycles. The van der Waals surface area contributed by atoms with E-state index < -0.39 is 0 Å². The average Bonchev–Trinajstić information content (AvgIpc) is 2.94. The Labute approximate surface area is 128 Å². The molecule has 4 nitrogen and oxygen atoms in total. The Morgan fingerprint density at radius 1 is 1.35 bits per heavy atom. The molecule has 0 aromatic heterocycles. The van der Waals surface area contributed by atoms with E-state index in [2.05, 4.69) is 10.6 Å². The third-order valence-corrected chi connectivity index (χ3v) is 3.89. The summed E-state index contributed by atoms with van der Waals surface area (Å²) in [6, 6.07) is 5.30. The molecule has 0 spiro atoms. The van der Waals surface area contributed by atoms with Crippen LogP contribution in [0.2, 0.25) is 10.0 Å². The summed E-state index contributed by atoms with van der Waals surface area (Å²) in [5.74, 6) is 0.0214. The minimum absolute atomic E-state index is 0.0214. The van der Waals surface area contributed by atoms with Crippen molar-refractivity contribution in [3.8, 4) is 0 Å². The Morgan fingerprint density at radius 2 is 2.20 bits per heavy atom. The summed E-state index contributed by atoms with van der Waals surface area (Å²) in [6.45, 7) is 1.96. The summed E-state index contributed by atoms with van der Waals surface area (Å²) in [6.07, 6.45) is 2.70. The van der Waals surface area contributed by atoms with Gasteiger partial charge in [0, 0.05) is 31.8 Å². The fourth-order valence-electron chi connectivity index (χ4n) is 2.05. The van der Waals surface area contributed by atoms with Gasteiger partial charge in [0.15, 0.2) is 0 Å². The summed E-state index contributed by atoms with van der Waals surface area (Å²) in [4.78, 5) is 11.7. The molecule has 1 heterocycles. The fraction of sp³-hybridized carbons (Fsp3) is 0.500. The van der Waals surface area contributed by atoms with E-state index in [1.807, 2.05) is 6.07 Å². The lowest BCUT2D eigenvalue weighted by Gasteiger charge is -2.11. The van der Waals surface area contributed by atoms with Gasteiger partial charge in [0.1, 0.15) is 0 Å². The molecule has 1 aliphatic rings. The van der Waals surface area contributed by atoms with Crippen molar-refractivity contribution in [2.75, 3.05) is 25.0 Å². The molecule has 0 saturated carbocycles. The molecule has 1 aliphatic heterocycles. The van der Waals surface area contributed by atoms with Gasteiger partial charge in [0.25, 0.3) is 0 Å². The van der Waals surface area contributed by atoms with Crippen LogP contribution in [0, 0.1) is 0 Å². The van der Waals surface area contributed by atoms with Crippen molar-refractivity contribution in [2.45, 2.75) is 25.4 Å². The van der Waals surface area contributed by atoms with Gasteiger partial charge in [-0.25, -0.2) is 0 Å². The molecule has 2 N–H and O–H groups in total. The number of carbonyl (C=O) groups is 1. The number of halogens is 2. The third kappa shape index (κ3) is 4.85. The molecule has 0 bridgehead atoms. The number of hydrogen-bond donors (Lipinski definition) is 2. The Morgan fingerprint density at radius 3 is 2.90 bits per heavy atom. The van der Waals surface area contributed by atoms with E-state index in [1.165, 1.54) is 0 Å². The van der Waals surface area contributed by atoms with Gasteiger partial charge in [-0.15, -0.1) is 0 Å². The zero-order chi connectivity index (χ0) is 14.4. The highest BCUT2D eigenvalue weighted by Crippen LogP contribution is 2.24. The van der Waals surface area contributed by atoms with Crippen molar-refractivity contribution < 1.29 is 9.53 Å². The maximum absolute atomic E-state index is 11.7. The maximum Gasteiger partial charge on any atom is 0.221 e. The Kier molecular flexibility index (Phi) is 5.95. The van der Waals surface area contributed by atoms with Crippen LogP contribution in [0.3, 0.4) is 0 Å². The molecule has 110 valence electrons. The molecule has 0 radical (unpaired) electrons. The number of anilines is 1. The van der Waals surface area contributed by atoms with Crippen LogP contribution in [0.25, 0.3) is 0 Å². The molecule has 2 rings (SSSR count). The van der Waals surface area contributed by atoms with E-state index in [1.54, 1.807) is 12.1 Å². The normalized spacial score (nSPS) is 18.0. The third-order valence-electron chi connectivity index (χ3n) is 3.15. The second-order valence-electron chi connectivity index (χ2n) is 4.74. The van der Waals surface area contributed by atoms with Gasteiger partial charge in [0.2, 0.25) is 5.91 Å². The molecule has 6 heteroatoms. The topological polar surface area (TPSA) is 50.4 Å². The van der Waals surface area contributed by atoms with Crippen LogP contribution in [-0.2, 0) is 9.53 Å². The zero-order valence-electron chi connectivity index (χ0n) is 11.1. The predicted molar refractivity (Wildman–Crippen MR) is 81.6 cm³/mol. The molecule has 1 fully saturated rings. The molecular weight excluding hydrogens is 299 g/mol. The first-order chi connectivity index (χ1) is 9.65. The van der Waals surface area contributed by atoms with Crippen LogP contribution in [0.15, 0.2) is 18.2 Å². The monoisotopic (exact) mass is 316 g/mol. The molecule has 1 unspecified atom stereocenters. The molecule has 20 heavy (non-hydrogen) atoms. The van der Waals surface area contributed by atoms with Crippen molar-refractivity contribution in [3.63, 3.8) is 0 Å². The van der Waals surface area contributed by atoms with Crippen LogP contribution in [0.5, 0.6) is 0 Å². The molecule has 1 saturated heterocycles. The predicted octanol–water partition coefficient (Wildman–Crippen LogP) is 3.09. The summed E-state index contributed by atoms with van der Waals surface area (Å²) >= 11 is 11.7. The highest BCUT2D eigenvalue weighted by Gasteiger charge is 2.15. The quantitative estimate of drug-likeness (QED) is 0.848. The van der Waals surface area contributed by atoms with Crippen LogP contribution in [0.1, 0.15) is 19.3 Å². The molecular formula is C14H18Cl2N2O2. The Hall–Kier alpha value is -0.970. The summed E-state index contributed by atoms with van der Waals surface area (Å²) in [5, 5.41) is 7.04. The first-order valence-electron chi connectivity index (χ1n) is 6.72. The highest BCUT2D eigenvalue weighted by atomic mass is 35.5. The first-order valence-corrected chi connectivity index (χ1v) is 7.48. The van der Waals surface area contributed by atoms with Crippen molar-refractivity contribution in [3.05, 3.63) is 28.2 Å². The van der Waals surface area contributed by atoms with Crippen molar-refractivity contribution >= 4 is 34.8 Å². The SMILES string of the molecule is O=C(CCNc1ccc(Cl)c(Cl)c1)NCC1CCCO1. The van der Waals surface area contributed by atoms with Gasteiger partial charge in [-0.2, -0.15) is 0 Å². The highest BCUT2D eigenvalue weighted by molar-refractivity contribution is 6.42. The summed E-state index contributed by atoms with van der Waals surface area (Å²) in [5.41, 5.74) is 0.853. The Balaban J connectivity index is 1.64. The second kappa shape index (κ2) is 7.72. The number of carbonyl (C=O) groups excluding carboxylic acids is 1. The standard InChI is InChI=1S/C14H18Cl2N2O2/c15-12-4-3-10(8-13(12)16)17-6-5-14(19)18-9-11-2-1-7-20-11/h3-4,8,11,17H,1-2,5-7,9H2,(H,18,19). The minimum atomic E-state index is 0.0214. The number of nitrogens with one attached hydrogen (secondary N) is 2. The zero-order valence-corrected chi connectivity index (χ0v) is 12.6. The summed E-state index contributed by atoms with van der Waals surface area (Å²) < 4.78 is 5.44. The summed E-state index contributed by atoms with van der Waals surface area (Å²) in [7, 11) is 0. The number of ether oxygens (including phenoxy) is 1. The van der Waals surface area contributed by atoms with E-state index in [-0.39, 0.29) is 12.0 Å². The van der Waals surface area contributed by atoms with Crippen molar-refractivity contribution in [1.29, 1.82) is 0 Å². The van der Waals surface area contributed by atoms with Gasteiger partial charge in [-0.3, -0.25) is 4.79 Å². The van der Waals surface area contributed by atoms with Crippen LogP contribution >= 0.6 is 23.2 Å². The first kappa shape index (κ1) is 15.4. The minimum Gasteiger partial charge on any atom is -0.384 e. The Bertz CT molecular complexity index is 462. The number of benzene rings is 1. The molecule has 1 atom stereocenters. The lowest BCUT2D eigenvalue weighted by molar-refractivity contribution is -0.121. The molecule has 1 amide bonds. The van der Waals surface area contributed by atoms with E-state index in [9.17, 15) is 4.79 Å². The van der Waals surface area contributed by atoms with Gasteiger partial charge in [0.05, 0.1) is 16.1 Å². The number of amides is 1. The van der Waals surface area contributed by atoms with Gasteiger partial charge in [-0.05, 0) is 31.0 Å². The smallest absolute Gasteiger partial charge is 0.221 e. The number of hydrogen-bond acceptors (Lipinski definition) is 3. The second-order valence-corrected chi connectivity index (χ2v) is 5.56. The van der Waals surface area contributed by atoms with Gasteiger partial charge < -0.3 is 15.4 Å². The average molecular weight is 317 g/mol. The van der Waals surface area contributed by atoms with Crippen LogP contribution in [0.4, 0.5) is 5.69 Å². The van der Waals surface area contributed by atoms with Crippen LogP contribution in [-0.4, -0.2) is 31.7 Å². The van der Waals surface area contributed by atoms with E-state index in [4.69, 9.17) is 27.9 Å². The molecule has 1 aromatic carbocycles. The lowest BCUT2D eigenvalue weighted by atomic mass is 10.2.